The molecule has 2 rings (SSSR count). The van der Waals surface area contributed by atoms with E-state index in [4.69, 9.17) is 23.1 Å². The predicted octanol–water partition coefficient (Wildman–Crippen LogP) is 2.28. The van der Waals surface area contributed by atoms with Crippen molar-refractivity contribution in [1.82, 2.24) is 0 Å². The predicted molar refractivity (Wildman–Crippen MR) is 86.4 cm³/mol. The number of thioether (sulfide) groups is 2. The van der Waals surface area contributed by atoms with E-state index in [0.717, 1.165) is 18.1 Å². The Balaban J connectivity index is 2.12. The first kappa shape index (κ1) is 14.7. The summed E-state index contributed by atoms with van der Waals surface area (Å²) in [4.78, 5) is 11.4. The fourth-order valence-corrected chi connectivity index (χ4v) is 4.78. The highest BCUT2D eigenvalue weighted by Gasteiger charge is 2.17. The minimum atomic E-state index is -0.526. The van der Waals surface area contributed by atoms with E-state index in [-0.39, 0.29) is 0 Å². The molecule has 19 heavy (non-hydrogen) atoms. The van der Waals surface area contributed by atoms with E-state index in [1.165, 1.54) is 5.75 Å². The second-order valence-corrected chi connectivity index (χ2v) is 7.20. The Bertz CT molecular complexity index is 478. The van der Waals surface area contributed by atoms with E-state index in [9.17, 15) is 4.79 Å². The van der Waals surface area contributed by atoms with Crippen molar-refractivity contribution in [3.8, 4) is 0 Å². The van der Waals surface area contributed by atoms with Crippen molar-refractivity contribution in [1.29, 1.82) is 0 Å². The number of carbonyl (C=O) groups excluding carboxylic acids is 1. The number of nitrogens with two attached hydrogens (primary N) is 2. The summed E-state index contributed by atoms with van der Waals surface area (Å²) >= 11 is 10.0. The van der Waals surface area contributed by atoms with Crippen molar-refractivity contribution in [2.45, 2.75) is 5.25 Å². The molecule has 0 aromatic heterocycles. The van der Waals surface area contributed by atoms with Gasteiger partial charge in [0, 0.05) is 34.7 Å². The van der Waals surface area contributed by atoms with Crippen LogP contribution in [0.3, 0.4) is 0 Å². The third-order valence-electron chi connectivity index (χ3n) is 2.77. The van der Waals surface area contributed by atoms with Crippen LogP contribution in [0.25, 0.3) is 0 Å². The van der Waals surface area contributed by atoms with Crippen LogP contribution >= 0.6 is 35.1 Å². The van der Waals surface area contributed by atoms with Gasteiger partial charge in [0.15, 0.2) is 0 Å². The van der Waals surface area contributed by atoms with Crippen LogP contribution in [0.2, 0.25) is 5.02 Å². The summed E-state index contributed by atoms with van der Waals surface area (Å²) in [6.07, 6.45) is 0. The van der Waals surface area contributed by atoms with Crippen molar-refractivity contribution in [2.24, 2.45) is 5.73 Å². The van der Waals surface area contributed by atoms with Crippen LogP contribution in [0, 0.1) is 0 Å². The summed E-state index contributed by atoms with van der Waals surface area (Å²) < 4.78 is 0. The number of benzene rings is 1. The SMILES string of the molecule is NC(=O)c1cc(N)cc(Cl)c1NCC1CSCCS1. The number of rotatable bonds is 4. The molecular formula is C12H16ClN3OS2. The number of amides is 1. The van der Waals surface area contributed by atoms with Gasteiger partial charge >= 0.3 is 0 Å². The van der Waals surface area contributed by atoms with E-state index >= 15 is 0 Å². The van der Waals surface area contributed by atoms with E-state index in [1.54, 1.807) is 12.1 Å². The van der Waals surface area contributed by atoms with Gasteiger partial charge in [-0.1, -0.05) is 11.6 Å². The molecule has 1 unspecified atom stereocenters. The van der Waals surface area contributed by atoms with Crippen molar-refractivity contribution in [3.05, 3.63) is 22.7 Å². The number of hydrogen-bond acceptors (Lipinski definition) is 5. The standard InChI is InChI=1S/C12H16ClN3OS2/c13-10-4-7(14)3-9(12(15)17)11(10)16-5-8-6-18-1-2-19-8/h3-4,8,16H,1-2,5-6,14H2,(H2,15,17). The van der Waals surface area contributed by atoms with Crippen LogP contribution in [0.1, 0.15) is 10.4 Å². The Morgan fingerprint density at radius 3 is 2.89 bits per heavy atom. The maximum absolute atomic E-state index is 11.4. The number of nitrogens with one attached hydrogen (secondary N) is 1. The highest BCUT2D eigenvalue weighted by Crippen LogP contribution is 2.30. The summed E-state index contributed by atoms with van der Waals surface area (Å²) in [5.74, 6) is 2.95. The van der Waals surface area contributed by atoms with Gasteiger partial charge in [-0.05, 0) is 12.1 Å². The van der Waals surface area contributed by atoms with Crippen molar-refractivity contribution >= 4 is 52.4 Å². The Hall–Kier alpha value is -0.720. The number of primary amides is 1. The largest absolute Gasteiger partial charge is 0.399 e. The van der Waals surface area contributed by atoms with Gasteiger partial charge in [0.1, 0.15) is 0 Å². The number of nitrogen functional groups attached to an aromatic ring is 1. The minimum Gasteiger partial charge on any atom is -0.399 e. The number of carbonyl (C=O) groups is 1. The highest BCUT2D eigenvalue weighted by molar-refractivity contribution is 8.06. The second-order valence-electron chi connectivity index (χ2n) is 4.24. The van der Waals surface area contributed by atoms with Gasteiger partial charge in [0.05, 0.1) is 16.3 Å². The maximum Gasteiger partial charge on any atom is 0.250 e. The van der Waals surface area contributed by atoms with Crippen LogP contribution in [0.5, 0.6) is 0 Å². The lowest BCUT2D eigenvalue weighted by atomic mass is 10.1. The first-order valence-corrected chi connectivity index (χ1v) is 8.48. The van der Waals surface area contributed by atoms with Gasteiger partial charge in [0.25, 0.3) is 5.91 Å². The van der Waals surface area contributed by atoms with Crippen LogP contribution < -0.4 is 16.8 Å². The van der Waals surface area contributed by atoms with Crippen LogP contribution in [-0.2, 0) is 0 Å². The molecule has 1 aliphatic heterocycles. The molecule has 1 fully saturated rings. The maximum atomic E-state index is 11.4. The van der Waals surface area contributed by atoms with E-state index in [0.29, 0.717) is 27.2 Å². The molecule has 1 aromatic rings. The zero-order chi connectivity index (χ0) is 13.8. The summed E-state index contributed by atoms with van der Waals surface area (Å²) in [6.45, 7) is 0.765. The molecular weight excluding hydrogens is 302 g/mol. The van der Waals surface area contributed by atoms with Gasteiger partial charge < -0.3 is 16.8 Å². The van der Waals surface area contributed by atoms with Crippen molar-refractivity contribution in [3.63, 3.8) is 0 Å². The zero-order valence-electron chi connectivity index (χ0n) is 10.3. The summed E-state index contributed by atoms with van der Waals surface area (Å²) in [7, 11) is 0. The van der Waals surface area contributed by atoms with Gasteiger partial charge in [-0.2, -0.15) is 23.5 Å². The summed E-state index contributed by atoms with van der Waals surface area (Å²) in [6, 6.07) is 3.18. The molecule has 1 saturated heterocycles. The van der Waals surface area contributed by atoms with Gasteiger partial charge in [0.2, 0.25) is 0 Å². The Kier molecular flexibility index (Phi) is 5.13. The molecule has 1 aromatic carbocycles. The van der Waals surface area contributed by atoms with E-state index in [1.807, 2.05) is 23.5 Å². The lowest BCUT2D eigenvalue weighted by Gasteiger charge is -2.22. The number of hydrogen-bond donors (Lipinski definition) is 3. The fraction of sp³-hybridized carbons (Fsp3) is 0.417. The fourth-order valence-electron chi connectivity index (χ4n) is 1.87. The molecule has 0 spiro atoms. The molecule has 104 valence electrons. The quantitative estimate of drug-likeness (QED) is 0.742. The lowest BCUT2D eigenvalue weighted by molar-refractivity contribution is 0.100. The zero-order valence-corrected chi connectivity index (χ0v) is 12.7. The molecule has 0 aliphatic carbocycles. The average Bonchev–Trinajstić information content (AvgIpc) is 2.38. The normalized spacial score (nSPS) is 19.1. The van der Waals surface area contributed by atoms with E-state index in [2.05, 4.69) is 5.32 Å². The van der Waals surface area contributed by atoms with Gasteiger partial charge in [-0.15, -0.1) is 0 Å². The molecule has 5 N–H and O–H groups in total. The van der Waals surface area contributed by atoms with E-state index < -0.39 is 5.91 Å². The first-order valence-electron chi connectivity index (χ1n) is 5.90. The topological polar surface area (TPSA) is 81.1 Å². The van der Waals surface area contributed by atoms with Crippen LogP contribution in [0.4, 0.5) is 11.4 Å². The molecule has 7 heteroatoms. The Morgan fingerprint density at radius 2 is 2.26 bits per heavy atom. The first-order chi connectivity index (χ1) is 9.08. The average molecular weight is 318 g/mol. The lowest BCUT2D eigenvalue weighted by Crippen LogP contribution is -2.24. The highest BCUT2D eigenvalue weighted by atomic mass is 35.5. The Labute approximate surface area is 126 Å². The molecule has 1 amide bonds. The van der Waals surface area contributed by atoms with Crippen LogP contribution in [-0.4, -0.2) is 35.0 Å². The van der Waals surface area contributed by atoms with Crippen molar-refractivity contribution < 1.29 is 4.79 Å². The van der Waals surface area contributed by atoms with Gasteiger partial charge in [-0.25, -0.2) is 0 Å². The minimum absolute atomic E-state index is 0.346. The monoisotopic (exact) mass is 317 g/mol. The summed E-state index contributed by atoms with van der Waals surface area (Å²) in [5, 5.41) is 4.19. The Morgan fingerprint density at radius 1 is 1.47 bits per heavy atom. The third kappa shape index (κ3) is 3.87. The number of anilines is 2. The molecule has 1 aliphatic rings. The van der Waals surface area contributed by atoms with Gasteiger partial charge in [-0.3, -0.25) is 4.79 Å². The number of halogens is 1. The summed E-state index contributed by atoms with van der Waals surface area (Å²) in [5.41, 5.74) is 12.4. The van der Waals surface area contributed by atoms with Crippen molar-refractivity contribution in [2.75, 3.05) is 34.9 Å². The molecule has 0 bridgehead atoms. The molecule has 0 radical (unpaired) electrons. The second kappa shape index (κ2) is 6.63. The molecule has 1 atom stereocenters. The molecule has 1 heterocycles. The molecule has 4 nitrogen and oxygen atoms in total. The third-order valence-corrected chi connectivity index (χ3v) is 5.91. The smallest absolute Gasteiger partial charge is 0.250 e. The molecule has 0 saturated carbocycles. The van der Waals surface area contributed by atoms with Crippen LogP contribution in [0.15, 0.2) is 12.1 Å².